The Morgan fingerprint density at radius 1 is 1.27 bits per heavy atom. The van der Waals surface area contributed by atoms with Gasteiger partial charge in [0.2, 0.25) is 6.41 Å². The second-order valence-corrected chi connectivity index (χ2v) is 7.59. The smallest absolute Gasteiger partial charge is 0.207 e. The number of nitrogens with zero attached hydrogens (tertiary/aromatic N) is 3. The van der Waals surface area contributed by atoms with Gasteiger partial charge in [0.25, 0.3) is 0 Å². The first kappa shape index (κ1) is 18.2. The lowest BCUT2D eigenvalue weighted by Crippen LogP contribution is -2.32. The number of fused-ring (bicyclic) bond motifs is 3. The van der Waals surface area contributed by atoms with Crippen LogP contribution in [0.1, 0.15) is 39.4 Å². The predicted octanol–water partition coefficient (Wildman–Crippen LogP) is 3.28. The van der Waals surface area contributed by atoms with Crippen molar-refractivity contribution >= 4 is 34.2 Å². The van der Waals surface area contributed by atoms with Crippen LogP contribution >= 0.6 is 0 Å². The molecule has 0 saturated carbocycles. The third kappa shape index (κ3) is 3.49. The average molecular weight is 353 g/mol. The molecule has 0 spiro atoms. The first-order valence-corrected chi connectivity index (χ1v) is 9.17. The summed E-state index contributed by atoms with van der Waals surface area (Å²) in [7, 11) is 0. The van der Waals surface area contributed by atoms with Gasteiger partial charge in [0.05, 0.1) is 11.0 Å². The number of rotatable bonds is 8. The number of hydrogen-bond acceptors (Lipinski definition) is 4. The molecule has 138 valence electrons. The number of anilines is 1. The number of aromatic nitrogens is 3. The number of aryl methyl sites for hydroxylation is 1. The summed E-state index contributed by atoms with van der Waals surface area (Å²) in [5, 5.41) is 3.87. The number of nitrogens with one attached hydrogen (secondary N) is 1. The number of para-hydroxylation sites is 1. The van der Waals surface area contributed by atoms with E-state index in [1.54, 1.807) is 0 Å². The molecule has 2 aromatic heterocycles. The molecular formula is C20H27N5O. The lowest BCUT2D eigenvalue weighted by atomic mass is 9.93. The molecule has 1 aromatic carbocycles. The minimum atomic E-state index is -0.116. The van der Waals surface area contributed by atoms with Crippen molar-refractivity contribution in [3.05, 3.63) is 30.1 Å². The van der Waals surface area contributed by atoms with E-state index in [1.165, 1.54) is 0 Å². The summed E-state index contributed by atoms with van der Waals surface area (Å²) in [5.74, 6) is 1.50. The summed E-state index contributed by atoms with van der Waals surface area (Å²) < 4.78 is 2.28. The minimum Gasteiger partial charge on any atom is -0.382 e. The predicted molar refractivity (Wildman–Crippen MR) is 106 cm³/mol. The molecule has 0 saturated heterocycles. The molecule has 3 rings (SSSR count). The number of nitrogen functional groups attached to an aromatic ring is 1. The molecule has 0 aliphatic heterocycles. The van der Waals surface area contributed by atoms with Crippen molar-refractivity contribution in [3.63, 3.8) is 0 Å². The zero-order valence-corrected chi connectivity index (χ0v) is 15.7. The van der Waals surface area contributed by atoms with Gasteiger partial charge >= 0.3 is 0 Å². The standard InChI is InChI=1S/C20H27N5O/c1-4-5-10-16-24-17-18(25(16)12-20(2,3)11-22-13-26)14-8-6-7-9-15(14)23-19(17)21/h6-9,13H,4-5,10-12H2,1-3H3,(H2,21,23)(H,22,26). The van der Waals surface area contributed by atoms with Crippen LogP contribution in [0.2, 0.25) is 0 Å². The molecule has 1 amide bonds. The van der Waals surface area contributed by atoms with Crippen LogP contribution in [0.5, 0.6) is 0 Å². The maximum absolute atomic E-state index is 10.7. The zero-order valence-electron chi connectivity index (χ0n) is 15.7. The third-order valence-electron chi connectivity index (χ3n) is 4.69. The van der Waals surface area contributed by atoms with Crippen LogP contribution in [0.15, 0.2) is 24.3 Å². The second kappa shape index (κ2) is 7.32. The van der Waals surface area contributed by atoms with Crippen molar-refractivity contribution in [1.82, 2.24) is 19.9 Å². The molecule has 0 unspecified atom stereocenters. The molecule has 0 aliphatic rings. The average Bonchev–Trinajstić information content (AvgIpc) is 2.97. The Hall–Kier alpha value is -2.63. The number of pyridine rings is 1. The van der Waals surface area contributed by atoms with Crippen molar-refractivity contribution in [2.75, 3.05) is 12.3 Å². The van der Waals surface area contributed by atoms with Gasteiger partial charge < -0.3 is 15.6 Å². The Balaban J connectivity index is 2.20. The lowest BCUT2D eigenvalue weighted by Gasteiger charge is -2.26. The SMILES string of the molecule is CCCCc1nc2c(N)nc3ccccc3c2n1CC(C)(C)CNC=O. The zero-order chi connectivity index (χ0) is 18.7. The van der Waals surface area contributed by atoms with Gasteiger partial charge in [-0.3, -0.25) is 4.79 Å². The first-order valence-electron chi connectivity index (χ1n) is 9.17. The largest absolute Gasteiger partial charge is 0.382 e. The summed E-state index contributed by atoms with van der Waals surface area (Å²) >= 11 is 0. The maximum Gasteiger partial charge on any atom is 0.207 e. The number of benzene rings is 1. The van der Waals surface area contributed by atoms with Crippen molar-refractivity contribution in [2.24, 2.45) is 5.41 Å². The highest BCUT2D eigenvalue weighted by atomic mass is 16.1. The number of amides is 1. The van der Waals surface area contributed by atoms with Gasteiger partial charge in [-0.2, -0.15) is 0 Å². The van der Waals surface area contributed by atoms with E-state index in [9.17, 15) is 4.79 Å². The van der Waals surface area contributed by atoms with Gasteiger partial charge in [-0.15, -0.1) is 0 Å². The molecule has 26 heavy (non-hydrogen) atoms. The molecule has 6 heteroatoms. The van der Waals surface area contributed by atoms with E-state index in [1.807, 2.05) is 18.2 Å². The first-order chi connectivity index (χ1) is 12.5. The van der Waals surface area contributed by atoms with E-state index in [0.29, 0.717) is 12.4 Å². The monoisotopic (exact) mass is 353 g/mol. The number of unbranched alkanes of at least 4 members (excludes halogenated alkanes) is 1. The van der Waals surface area contributed by atoms with Gasteiger partial charge in [0.1, 0.15) is 11.3 Å². The fourth-order valence-electron chi connectivity index (χ4n) is 3.40. The number of carbonyl (C=O) groups is 1. The van der Waals surface area contributed by atoms with Crippen LogP contribution < -0.4 is 11.1 Å². The Bertz CT molecular complexity index is 929. The van der Waals surface area contributed by atoms with E-state index in [2.05, 4.69) is 41.7 Å². The van der Waals surface area contributed by atoms with Crippen LogP contribution in [0, 0.1) is 5.41 Å². The molecule has 2 heterocycles. The molecular weight excluding hydrogens is 326 g/mol. The van der Waals surface area contributed by atoms with E-state index in [0.717, 1.165) is 60.0 Å². The second-order valence-electron chi connectivity index (χ2n) is 7.59. The Morgan fingerprint density at radius 2 is 2.04 bits per heavy atom. The fourth-order valence-corrected chi connectivity index (χ4v) is 3.40. The summed E-state index contributed by atoms with van der Waals surface area (Å²) in [6, 6.07) is 8.04. The van der Waals surface area contributed by atoms with Crippen LogP contribution in [-0.2, 0) is 17.8 Å². The van der Waals surface area contributed by atoms with E-state index in [-0.39, 0.29) is 5.41 Å². The van der Waals surface area contributed by atoms with Gasteiger partial charge in [0.15, 0.2) is 5.82 Å². The third-order valence-corrected chi connectivity index (χ3v) is 4.69. The summed E-state index contributed by atoms with van der Waals surface area (Å²) in [6.07, 6.45) is 3.83. The molecule has 0 fully saturated rings. The minimum absolute atomic E-state index is 0.116. The van der Waals surface area contributed by atoms with E-state index < -0.39 is 0 Å². The van der Waals surface area contributed by atoms with Crippen molar-refractivity contribution in [3.8, 4) is 0 Å². The molecule has 0 aliphatic carbocycles. The number of nitrogens with two attached hydrogens (primary N) is 1. The van der Waals surface area contributed by atoms with E-state index in [4.69, 9.17) is 10.7 Å². The molecule has 0 atom stereocenters. The maximum atomic E-state index is 10.7. The lowest BCUT2D eigenvalue weighted by molar-refractivity contribution is -0.109. The van der Waals surface area contributed by atoms with Crippen LogP contribution in [0.3, 0.4) is 0 Å². The molecule has 3 N–H and O–H groups in total. The number of carbonyl (C=O) groups excluding carboxylic acids is 1. The Kier molecular flexibility index (Phi) is 5.11. The Labute approximate surface area is 153 Å². The molecule has 0 radical (unpaired) electrons. The van der Waals surface area contributed by atoms with E-state index >= 15 is 0 Å². The van der Waals surface area contributed by atoms with Crippen molar-refractivity contribution < 1.29 is 4.79 Å². The quantitative estimate of drug-likeness (QED) is 0.609. The molecule has 6 nitrogen and oxygen atoms in total. The number of imidazole rings is 1. The van der Waals surface area contributed by atoms with Crippen LogP contribution in [0.25, 0.3) is 21.9 Å². The molecule has 0 bridgehead atoms. The normalized spacial score (nSPS) is 12.0. The van der Waals surface area contributed by atoms with Gasteiger partial charge in [-0.1, -0.05) is 45.4 Å². The highest BCUT2D eigenvalue weighted by molar-refractivity contribution is 6.06. The van der Waals surface area contributed by atoms with Gasteiger partial charge in [0, 0.05) is 30.3 Å². The Morgan fingerprint density at radius 3 is 2.77 bits per heavy atom. The van der Waals surface area contributed by atoms with Crippen molar-refractivity contribution in [1.29, 1.82) is 0 Å². The summed E-state index contributed by atoms with van der Waals surface area (Å²) in [5.41, 5.74) is 8.81. The van der Waals surface area contributed by atoms with Gasteiger partial charge in [-0.25, -0.2) is 9.97 Å². The molecule has 3 aromatic rings. The van der Waals surface area contributed by atoms with Crippen molar-refractivity contribution in [2.45, 2.75) is 46.6 Å². The highest BCUT2D eigenvalue weighted by Crippen LogP contribution is 2.31. The number of hydrogen-bond donors (Lipinski definition) is 2. The topological polar surface area (TPSA) is 85.8 Å². The van der Waals surface area contributed by atoms with Crippen LogP contribution in [0.4, 0.5) is 5.82 Å². The summed E-state index contributed by atoms with van der Waals surface area (Å²) in [6.45, 7) is 7.81. The fraction of sp³-hybridized carbons (Fsp3) is 0.450. The highest BCUT2D eigenvalue weighted by Gasteiger charge is 2.24. The van der Waals surface area contributed by atoms with Crippen LogP contribution in [-0.4, -0.2) is 27.5 Å². The summed E-state index contributed by atoms with van der Waals surface area (Å²) in [4.78, 5) is 20.1. The van der Waals surface area contributed by atoms with Gasteiger partial charge in [-0.05, 0) is 12.5 Å².